The third-order valence-electron chi connectivity index (χ3n) is 5.09. The average molecular weight is 433 g/mol. The Bertz CT molecular complexity index is 1020. The van der Waals surface area contributed by atoms with Crippen molar-refractivity contribution in [3.05, 3.63) is 54.1 Å². The van der Waals surface area contributed by atoms with Crippen molar-refractivity contribution in [2.45, 2.75) is 44.9 Å². The van der Waals surface area contributed by atoms with Crippen LogP contribution in [-0.2, 0) is 14.8 Å². The summed E-state index contributed by atoms with van der Waals surface area (Å²) in [5.41, 5.74) is 0.760. The Morgan fingerprint density at radius 1 is 1.23 bits per heavy atom. The highest BCUT2D eigenvalue weighted by Gasteiger charge is 2.37. The molecule has 2 aromatic carbocycles. The molecule has 0 saturated heterocycles. The number of rotatable bonds is 6. The number of ether oxygens (including phenoxy) is 2. The first-order valence-corrected chi connectivity index (χ1v) is 11.6. The van der Waals surface area contributed by atoms with Gasteiger partial charge in [-0.1, -0.05) is 18.2 Å². The Morgan fingerprint density at radius 3 is 2.50 bits per heavy atom. The second kappa shape index (κ2) is 8.18. The van der Waals surface area contributed by atoms with Gasteiger partial charge in [0.05, 0.1) is 25.1 Å². The second-order valence-electron chi connectivity index (χ2n) is 8.10. The minimum Gasteiger partial charge on any atom is -0.497 e. The molecule has 0 radical (unpaired) electrons. The molecular weight excluding hydrogens is 404 g/mol. The van der Waals surface area contributed by atoms with Crippen LogP contribution in [0.25, 0.3) is 0 Å². The topological polar surface area (TPSA) is 84.9 Å². The Kier molecular flexibility index (Phi) is 5.99. The van der Waals surface area contributed by atoms with Gasteiger partial charge in [0.15, 0.2) is 0 Å². The first-order valence-electron chi connectivity index (χ1n) is 9.73. The molecule has 1 N–H and O–H groups in total. The zero-order valence-electron chi connectivity index (χ0n) is 17.9. The van der Waals surface area contributed by atoms with Gasteiger partial charge in [0.2, 0.25) is 15.9 Å². The minimum absolute atomic E-state index is 0.342. The SMILES string of the molecule is COc1ccc2c(c1)[C@@H](NC(=O)[C@H](C)N(c1ccccc1)S(C)(=O)=O)CC(C)(C)O2. The van der Waals surface area contributed by atoms with Crippen LogP contribution in [0.1, 0.15) is 38.8 Å². The van der Waals surface area contributed by atoms with Crippen LogP contribution in [0, 0.1) is 0 Å². The molecule has 2 aromatic rings. The van der Waals surface area contributed by atoms with E-state index in [9.17, 15) is 13.2 Å². The normalized spacial score (nSPS) is 18.5. The van der Waals surface area contributed by atoms with Gasteiger partial charge in [0.25, 0.3) is 0 Å². The molecule has 30 heavy (non-hydrogen) atoms. The maximum absolute atomic E-state index is 13.2. The number of nitrogens with one attached hydrogen (secondary N) is 1. The molecule has 0 unspecified atom stereocenters. The van der Waals surface area contributed by atoms with Gasteiger partial charge in [-0.2, -0.15) is 0 Å². The summed E-state index contributed by atoms with van der Waals surface area (Å²) in [5.74, 6) is 0.945. The molecule has 1 heterocycles. The van der Waals surface area contributed by atoms with Crippen molar-refractivity contribution < 1.29 is 22.7 Å². The number of sulfonamides is 1. The number of anilines is 1. The summed E-state index contributed by atoms with van der Waals surface area (Å²) in [7, 11) is -2.09. The van der Waals surface area contributed by atoms with E-state index in [0.29, 0.717) is 23.6 Å². The molecule has 1 aliphatic rings. The summed E-state index contributed by atoms with van der Waals surface area (Å²) in [5, 5.41) is 3.02. The number of fused-ring (bicyclic) bond motifs is 1. The summed E-state index contributed by atoms with van der Waals surface area (Å²) in [6.07, 6.45) is 1.64. The monoisotopic (exact) mass is 432 g/mol. The van der Waals surface area contributed by atoms with E-state index >= 15 is 0 Å². The molecule has 162 valence electrons. The minimum atomic E-state index is -3.67. The highest BCUT2D eigenvalue weighted by molar-refractivity contribution is 7.92. The van der Waals surface area contributed by atoms with Crippen LogP contribution >= 0.6 is 0 Å². The van der Waals surface area contributed by atoms with Crippen LogP contribution in [0.3, 0.4) is 0 Å². The summed E-state index contributed by atoms with van der Waals surface area (Å²) in [4.78, 5) is 13.2. The molecule has 3 rings (SSSR count). The predicted molar refractivity (Wildman–Crippen MR) is 116 cm³/mol. The highest BCUT2D eigenvalue weighted by Crippen LogP contribution is 2.41. The first kappa shape index (κ1) is 22.0. The van der Waals surface area contributed by atoms with Crippen LogP contribution < -0.4 is 19.1 Å². The third kappa shape index (κ3) is 4.70. The summed E-state index contributed by atoms with van der Waals surface area (Å²) < 4.78 is 37.4. The summed E-state index contributed by atoms with van der Waals surface area (Å²) in [6, 6.07) is 12.8. The zero-order chi connectivity index (χ0) is 22.1. The molecule has 2 atom stereocenters. The molecule has 0 spiro atoms. The van der Waals surface area contributed by atoms with Gasteiger partial charge in [-0.05, 0) is 51.1 Å². The number of nitrogens with zero attached hydrogens (tertiary/aromatic N) is 1. The van der Waals surface area contributed by atoms with Gasteiger partial charge in [-0.3, -0.25) is 9.10 Å². The van der Waals surface area contributed by atoms with Crippen LogP contribution in [0.2, 0.25) is 0 Å². The van der Waals surface area contributed by atoms with Crippen molar-refractivity contribution in [1.82, 2.24) is 5.32 Å². The molecule has 0 fully saturated rings. The van der Waals surface area contributed by atoms with Gasteiger partial charge in [-0.15, -0.1) is 0 Å². The second-order valence-corrected chi connectivity index (χ2v) is 9.96. The van der Waals surface area contributed by atoms with Gasteiger partial charge >= 0.3 is 0 Å². The summed E-state index contributed by atoms with van der Waals surface area (Å²) >= 11 is 0. The van der Waals surface area contributed by atoms with Gasteiger partial charge in [0.1, 0.15) is 23.1 Å². The maximum atomic E-state index is 13.2. The standard InChI is InChI=1S/C22H28N2O5S/c1-15(24(30(5,26)27)16-9-7-6-8-10-16)21(25)23-19-14-22(2,3)29-20-12-11-17(28-4)13-18(19)20/h6-13,15,19H,14H2,1-5H3,(H,23,25)/t15-,19-/m0/s1. The van der Waals surface area contributed by atoms with Crippen molar-refractivity contribution in [2.24, 2.45) is 0 Å². The Balaban J connectivity index is 1.91. The van der Waals surface area contributed by atoms with E-state index in [0.717, 1.165) is 16.1 Å². The average Bonchev–Trinajstić information content (AvgIpc) is 2.66. The molecular formula is C22H28N2O5S. The third-order valence-corrected chi connectivity index (χ3v) is 6.33. The summed E-state index contributed by atoms with van der Waals surface area (Å²) in [6.45, 7) is 5.49. The van der Waals surface area contributed by atoms with Crippen molar-refractivity contribution in [2.75, 3.05) is 17.7 Å². The molecule has 1 aliphatic heterocycles. The lowest BCUT2D eigenvalue weighted by Crippen LogP contribution is -2.50. The highest BCUT2D eigenvalue weighted by atomic mass is 32.2. The number of methoxy groups -OCH3 is 1. The Morgan fingerprint density at radius 2 is 1.90 bits per heavy atom. The first-order chi connectivity index (χ1) is 14.0. The number of para-hydroxylation sites is 1. The van der Waals surface area contributed by atoms with Crippen molar-refractivity contribution in [3.8, 4) is 11.5 Å². The lowest BCUT2D eigenvalue weighted by Gasteiger charge is -2.39. The Labute approximate surface area is 178 Å². The van der Waals surface area contributed by atoms with E-state index in [1.54, 1.807) is 44.4 Å². The molecule has 0 bridgehead atoms. The van der Waals surface area contributed by atoms with Crippen molar-refractivity contribution in [3.63, 3.8) is 0 Å². The fourth-order valence-electron chi connectivity index (χ4n) is 3.76. The van der Waals surface area contributed by atoms with E-state index in [2.05, 4.69) is 5.32 Å². The number of hydrogen-bond donors (Lipinski definition) is 1. The van der Waals surface area contributed by atoms with Crippen LogP contribution in [0.4, 0.5) is 5.69 Å². The van der Waals surface area contributed by atoms with E-state index in [1.807, 2.05) is 32.0 Å². The molecule has 0 aromatic heterocycles. The smallest absolute Gasteiger partial charge is 0.244 e. The van der Waals surface area contributed by atoms with Gasteiger partial charge < -0.3 is 14.8 Å². The molecule has 0 aliphatic carbocycles. The number of carbonyl (C=O) groups is 1. The molecule has 8 heteroatoms. The largest absolute Gasteiger partial charge is 0.497 e. The number of hydrogen-bond acceptors (Lipinski definition) is 5. The Hall–Kier alpha value is -2.74. The fourth-order valence-corrected chi connectivity index (χ4v) is 4.94. The number of amides is 1. The van der Waals surface area contributed by atoms with Gasteiger partial charge in [-0.25, -0.2) is 8.42 Å². The number of carbonyl (C=O) groups excluding carboxylic acids is 1. The zero-order valence-corrected chi connectivity index (χ0v) is 18.7. The molecule has 7 nitrogen and oxygen atoms in total. The van der Waals surface area contributed by atoms with E-state index in [1.165, 1.54) is 0 Å². The van der Waals surface area contributed by atoms with Crippen LogP contribution in [-0.4, -0.2) is 39.3 Å². The quantitative estimate of drug-likeness (QED) is 0.757. The fraction of sp³-hybridized carbons (Fsp3) is 0.409. The van der Waals surface area contributed by atoms with Crippen LogP contribution in [0.5, 0.6) is 11.5 Å². The number of benzene rings is 2. The van der Waals surface area contributed by atoms with Crippen LogP contribution in [0.15, 0.2) is 48.5 Å². The van der Waals surface area contributed by atoms with Gasteiger partial charge in [0, 0.05) is 12.0 Å². The van der Waals surface area contributed by atoms with Crippen molar-refractivity contribution >= 4 is 21.6 Å². The lowest BCUT2D eigenvalue weighted by atomic mass is 9.89. The predicted octanol–water partition coefficient (Wildman–Crippen LogP) is 3.27. The van der Waals surface area contributed by atoms with E-state index in [-0.39, 0.29) is 11.9 Å². The van der Waals surface area contributed by atoms with E-state index in [4.69, 9.17) is 9.47 Å². The lowest BCUT2D eigenvalue weighted by molar-refractivity contribution is -0.123. The van der Waals surface area contributed by atoms with Crippen molar-refractivity contribution in [1.29, 1.82) is 0 Å². The molecule has 0 saturated carbocycles. The molecule has 1 amide bonds. The van der Waals surface area contributed by atoms with E-state index < -0.39 is 21.7 Å². The maximum Gasteiger partial charge on any atom is 0.244 e.